The first-order valence-corrected chi connectivity index (χ1v) is 7.63. The molecule has 1 saturated heterocycles. The van der Waals surface area contributed by atoms with Gasteiger partial charge in [0.15, 0.2) is 0 Å². The van der Waals surface area contributed by atoms with Crippen LogP contribution in [0.3, 0.4) is 0 Å². The summed E-state index contributed by atoms with van der Waals surface area (Å²) in [6.07, 6.45) is -3.12. The van der Waals surface area contributed by atoms with Gasteiger partial charge >= 0.3 is 6.18 Å². The van der Waals surface area contributed by atoms with Crippen molar-refractivity contribution in [3.05, 3.63) is 59.1 Å². The van der Waals surface area contributed by atoms with Crippen LogP contribution >= 0.6 is 0 Å². The highest BCUT2D eigenvalue weighted by Gasteiger charge is 2.35. The van der Waals surface area contributed by atoms with E-state index in [1.165, 1.54) is 18.2 Å². The third kappa shape index (κ3) is 4.14. The molecule has 0 N–H and O–H groups in total. The van der Waals surface area contributed by atoms with E-state index >= 15 is 0 Å². The van der Waals surface area contributed by atoms with Crippen molar-refractivity contribution in [2.45, 2.75) is 25.6 Å². The zero-order chi connectivity index (χ0) is 17.3. The number of hydrogen-bond donors (Lipinski definition) is 0. The molecule has 2 nitrogen and oxygen atoms in total. The van der Waals surface area contributed by atoms with E-state index in [0.717, 1.165) is 18.6 Å². The van der Waals surface area contributed by atoms with Crippen LogP contribution < -0.4 is 0 Å². The molecule has 1 aliphatic rings. The molecule has 0 spiro atoms. The van der Waals surface area contributed by atoms with Crippen LogP contribution in [0.5, 0.6) is 0 Å². The number of alkyl halides is 3. The molecule has 0 bridgehead atoms. The van der Waals surface area contributed by atoms with E-state index in [0.29, 0.717) is 31.6 Å². The molecular weight excluding hydrogens is 329 g/mol. The summed E-state index contributed by atoms with van der Waals surface area (Å²) < 4.78 is 68.8. The van der Waals surface area contributed by atoms with Crippen LogP contribution in [0.4, 0.5) is 22.0 Å². The Balaban J connectivity index is 1.56. The van der Waals surface area contributed by atoms with E-state index in [-0.39, 0.29) is 11.7 Å². The maximum Gasteiger partial charge on any atom is 0.449 e. The maximum atomic E-state index is 13.2. The second kappa shape index (κ2) is 6.55. The Bertz CT molecular complexity index is 689. The predicted octanol–water partition coefficient (Wildman–Crippen LogP) is 4.64. The van der Waals surface area contributed by atoms with Crippen LogP contribution in [-0.2, 0) is 19.1 Å². The van der Waals surface area contributed by atoms with E-state index in [1.54, 1.807) is 0 Å². The normalized spacial score (nSPS) is 19.1. The van der Waals surface area contributed by atoms with E-state index in [4.69, 9.17) is 4.42 Å². The van der Waals surface area contributed by atoms with Crippen molar-refractivity contribution in [1.82, 2.24) is 4.90 Å². The molecule has 1 aliphatic heterocycles. The van der Waals surface area contributed by atoms with Gasteiger partial charge in [-0.1, -0.05) is 0 Å². The number of hydrogen-bond acceptors (Lipinski definition) is 2. The number of halogens is 5. The zero-order valence-electron chi connectivity index (χ0n) is 12.7. The predicted molar refractivity (Wildman–Crippen MR) is 77.2 cm³/mol. The molecule has 1 aromatic carbocycles. The highest BCUT2D eigenvalue weighted by Crippen LogP contribution is 2.31. The van der Waals surface area contributed by atoms with Gasteiger partial charge in [0.2, 0.25) is 5.76 Å². The molecule has 0 saturated carbocycles. The number of rotatable bonds is 4. The zero-order valence-corrected chi connectivity index (χ0v) is 12.7. The minimum absolute atomic E-state index is 0.211. The van der Waals surface area contributed by atoms with Crippen molar-refractivity contribution in [2.75, 3.05) is 13.1 Å². The molecule has 2 heterocycles. The Labute approximate surface area is 135 Å². The van der Waals surface area contributed by atoms with Gasteiger partial charge in [-0.2, -0.15) is 13.2 Å². The van der Waals surface area contributed by atoms with Crippen LogP contribution in [0.15, 0.2) is 34.7 Å². The largest absolute Gasteiger partial charge is 0.455 e. The maximum absolute atomic E-state index is 13.2. The summed E-state index contributed by atoms with van der Waals surface area (Å²) in [7, 11) is 0. The molecule has 1 unspecified atom stereocenters. The number of likely N-dealkylation sites (tertiary alicyclic amines) is 1. The minimum Gasteiger partial charge on any atom is -0.455 e. The van der Waals surface area contributed by atoms with E-state index in [9.17, 15) is 22.0 Å². The van der Waals surface area contributed by atoms with Gasteiger partial charge in [0.25, 0.3) is 0 Å². The quantitative estimate of drug-likeness (QED) is 0.751. The molecule has 2 aromatic rings. The van der Waals surface area contributed by atoms with Crippen LogP contribution in [-0.4, -0.2) is 18.0 Å². The van der Waals surface area contributed by atoms with E-state index in [1.807, 2.05) is 4.90 Å². The molecule has 3 rings (SSSR count). The smallest absolute Gasteiger partial charge is 0.449 e. The molecule has 1 fully saturated rings. The second-order valence-corrected chi connectivity index (χ2v) is 6.14. The summed E-state index contributed by atoms with van der Waals surface area (Å²) in [5.41, 5.74) is 0.594. The average molecular weight is 345 g/mol. The molecule has 0 radical (unpaired) electrons. The summed E-state index contributed by atoms with van der Waals surface area (Å²) in [5.74, 6) is -1.73. The first-order valence-electron chi connectivity index (χ1n) is 7.63. The van der Waals surface area contributed by atoms with Crippen molar-refractivity contribution >= 4 is 0 Å². The SMILES string of the molecule is Fc1cc(F)cc(CC2CCN(Cc3ccc(C(F)(F)F)o3)C2)c1. The van der Waals surface area contributed by atoms with Gasteiger partial charge < -0.3 is 4.42 Å². The van der Waals surface area contributed by atoms with Gasteiger partial charge in [0.1, 0.15) is 17.4 Å². The number of furan rings is 1. The molecular formula is C17H16F5NO. The van der Waals surface area contributed by atoms with Gasteiger partial charge in [-0.05, 0) is 55.1 Å². The van der Waals surface area contributed by atoms with Gasteiger partial charge in [0, 0.05) is 12.6 Å². The summed E-state index contributed by atoms with van der Waals surface area (Å²) in [5, 5.41) is 0. The number of nitrogens with zero attached hydrogens (tertiary/aromatic N) is 1. The van der Waals surface area contributed by atoms with Gasteiger partial charge in [-0.15, -0.1) is 0 Å². The summed E-state index contributed by atoms with van der Waals surface area (Å²) >= 11 is 0. The minimum atomic E-state index is -4.48. The van der Waals surface area contributed by atoms with E-state index in [2.05, 4.69) is 0 Å². The van der Waals surface area contributed by atoms with Crippen molar-refractivity contribution in [3.8, 4) is 0 Å². The summed E-state index contributed by atoms with van der Waals surface area (Å²) in [6.45, 7) is 1.66. The van der Waals surface area contributed by atoms with Crippen LogP contribution in [0.1, 0.15) is 23.5 Å². The third-order valence-electron chi connectivity index (χ3n) is 4.14. The fourth-order valence-electron chi connectivity index (χ4n) is 3.12. The lowest BCUT2D eigenvalue weighted by Gasteiger charge is -2.14. The third-order valence-corrected chi connectivity index (χ3v) is 4.14. The lowest BCUT2D eigenvalue weighted by molar-refractivity contribution is -0.153. The molecule has 1 aromatic heterocycles. The Morgan fingerprint density at radius 1 is 1.08 bits per heavy atom. The Morgan fingerprint density at radius 3 is 2.42 bits per heavy atom. The van der Waals surface area contributed by atoms with Crippen LogP contribution in [0.25, 0.3) is 0 Å². The fourth-order valence-corrected chi connectivity index (χ4v) is 3.12. The van der Waals surface area contributed by atoms with Gasteiger partial charge in [0.05, 0.1) is 6.54 Å². The topological polar surface area (TPSA) is 16.4 Å². The molecule has 0 amide bonds. The fraction of sp³-hybridized carbons (Fsp3) is 0.412. The lowest BCUT2D eigenvalue weighted by atomic mass is 9.98. The van der Waals surface area contributed by atoms with Crippen molar-refractivity contribution in [2.24, 2.45) is 5.92 Å². The Morgan fingerprint density at radius 2 is 1.79 bits per heavy atom. The number of benzene rings is 1. The molecule has 1 atom stereocenters. The van der Waals surface area contributed by atoms with Gasteiger partial charge in [-0.3, -0.25) is 4.90 Å². The molecule has 130 valence electrons. The summed E-state index contributed by atoms with van der Waals surface area (Å²) in [4.78, 5) is 1.99. The van der Waals surface area contributed by atoms with Crippen molar-refractivity contribution in [3.63, 3.8) is 0 Å². The van der Waals surface area contributed by atoms with E-state index < -0.39 is 23.6 Å². The highest BCUT2D eigenvalue weighted by molar-refractivity contribution is 5.19. The summed E-state index contributed by atoms with van der Waals surface area (Å²) in [6, 6.07) is 5.72. The lowest BCUT2D eigenvalue weighted by Crippen LogP contribution is -2.20. The molecule has 24 heavy (non-hydrogen) atoms. The molecule has 7 heteroatoms. The van der Waals surface area contributed by atoms with Gasteiger partial charge in [-0.25, -0.2) is 8.78 Å². The van der Waals surface area contributed by atoms with Crippen LogP contribution in [0.2, 0.25) is 0 Å². The van der Waals surface area contributed by atoms with Crippen LogP contribution in [0, 0.1) is 17.6 Å². The Hall–Kier alpha value is -1.89. The van der Waals surface area contributed by atoms with Crippen molar-refractivity contribution in [1.29, 1.82) is 0 Å². The standard InChI is InChI=1S/C17H16F5NO/c18-13-6-12(7-14(19)8-13)5-11-3-4-23(9-11)10-15-1-2-16(24-15)17(20,21)22/h1-2,6-8,11H,3-5,9-10H2. The second-order valence-electron chi connectivity index (χ2n) is 6.14. The monoisotopic (exact) mass is 345 g/mol. The first kappa shape index (κ1) is 17.0. The highest BCUT2D eigenvalue weighted by atomic mass is 19.4. The molecule has 0 aliphatic carbocycles. The Kier molecular flexibility index (Phi) is 4.62. The van der Waals surface area contributed by atoms with Crippen molar-refractivity contribution < 1.29 is 26.4 Å². The first-order chi connectivity index (χ1) is 11.3. The average Bonchev–Trinajstić information content (AvgIpc) is 3.07.